The lowest BCUT2D eigenvalue weighted by Gasteiger charge is -2.07. The summed E-state index contributed by atoms with van der Waals surface area (Å²) in [4.78, 5) is 3.05. The third-order valence-corrected chi connectivity index (χ3v) is 3.17. The molecule has 0 bridgehead atoms. The largest absolute Gasteiger partial charge is 0.497 e. The number of nitrogens with zero attached hydrogens (tertiary/aromatic N) is 1. The molecule has 4 heteroatoms. The summed E-state index contributed by atoms with van der Waals surface area (Å²) in [5.41, 5.74) is 2.42. The average molecular weight is 248 g/mol. The molecule has 0 atom stereocenters. The SMILES string of the molecule is COc1cccc(CCn2c(C)c[nH]c2=S)c1. The number of nitrogens with one attached hydrogen (secondary N) is 1. The van der Waals surface area contributed by atoms with Gasteiger partial charge in [0.15, 0.2) is 4.77 Å². The quantitative estimate of drug-likeness (QED) is 0.843. The summed E-state index contributed by atoms with van der Waals surface area (Å²) < 4.78 is 8.09. The summed E-state index contributed by atoms with van der Waals surface area (Å²) in [6.45, 7) is 2.94. The molecule has 1 aromatic heterocycles. The second-order valence-electron chi connectivity index (χ2n) is 3.99. The smallest absolute Gasteiger partial charge is 0.177 e. The number of benzene rings is 1. The highest BCUT2D eigenvalue weighted by Crippen LogP contribution is 2.14. The number of imidazole rings is 1. The molecule has 90 valence electrons. The first-order valence-electron chi connectivity index (χ1n) is 5.58. The molecule has 0 amide bonds. The zero-order valence-electron chi connectivity index (χ0n) is 10.1. The molecule has 1 N–H and O–H groups in total. The molecule has 1 heterocycles. The van der Waals surface area contributed by atoms with Crippen molar-refractivity contribution in [2.45, 2.75) is 19.9 Å². The highest BCUT2D eigenvalue weighted by atomic mass is 32.1. The second kappa shape index (κ2) is 5.19. The predicted molar refractivity (Wildman–Crippen MR) is 71.1 cm³/mol. The standard InChI is InChI=1S/C13H16N2OS/c1-10-9-14-13(17)15(10)7-6-11-4-3-5-12(8-11)16-2/h3-5,8-9H,6-7H2,1-2H3,(H,14,17). The number of rotatable bonds is 4. The van der Waals surface area contributed by atoms with Crippen LogP contribution in [0.15, 0.2) is 30.5 Å². The maximum atomic E-state index is 5.22. The van der Waals surface area contributed by atoms with Gasteiger partial charge in [-0.3, -0.25) is 0 Å². The van der Waals surface area contributed by atoms with Crippen LogP contribution >= 0.6 is 12.2 Å². The monoisotopic (exact) mass is 248 g/mol. The van der Waals surface area contributed by atoms with Crippen molar-refractivity contribution in [3.05, 3.63) is 46.5 Å². The zero-order chi connectivity index (χ0) is 12.3. The number of aromatic nitrogens is 2. The Labute approximate surface area is 106 Å². The van der Waals surface area contributed by atoms with E-state index in [1.165, 1.54) is 5.56 Å². The van der Waals surface area contributed by atoms with Crippen molar-refractivity contribution in [2.24, 2.45) is 0 Å². The van der Waals surface area contributed by atoms with Crippen LogP contribution in [0.5, 0.6) is 5.75 Å². The maximum Gasteiger partial charge on any atom is 0.177 e. The molecule has 0 aliphatic carbocycles. The molecule has 2 aromatic rings. The minimum absolute atomic E-state index is 0.783. The Morgan fingerprint density at radius 2 is 2.24 bits per heavy atom. The first kappa shape index (κ1) is 11.9. The van der Waals surface area contributed by atoms with E-state index in [0.29, 0.717) is 0 Å². The van der Waals surface area contributed by atoms with Gasteiger partial charge in [-0.1, -0.05) is 12.1 Å². The molecule has 0 unspecified atom stereocenters. The van der Waals surface area contributed by atoms with Crippen molar-refractivity contribution < 1.29 is 4.74 Å². The first-order valence-corrected chi connectivity index (χ1v) is 5.99. The normalized spacial score (nSPS) is 10.5. The topological polar surface area (TPSA) is 29.9 Å². The van der Waals surface area contributed by atoms with Crippen LogP contribution in [-0.2, 0) is 13.0 Å². The van der Waals surface area contributed by atoms with E-state index in [4.69, 9.17) is 17.0 Å². The second-order valence-corrected chi connectivity index (χ2v) is 4.38. The van der Waals surface area contributed by atoms with Crippen molar-refractivity contribution in [1.29, 1.82) is 0 Å². The Balaban J connectivity index is 2.10. The number of H-pyrrole nitrogens is 1. The van der Waals surface area contributed by atoms with Gasteiger partial charge < -0.3 is 14.3 Å². The van der Waals surface area contributed by atoms with Gasteiger partial charge in [0, 0.05) is 18.4 Å². The van der Waals surface area contributed by atoms with E-state index in [1.807, 2.05) is 18.3 Å². The number of hydrogen-bond acceptors (Lipinski definition) is 2. The summed E-state index contributed by atoms with van der Waals surface area (Å²) in [7, 11) is 1.69. The molecule has 0 spiro atoms. The highest BCUT2D eigenvalue weighted by Gasteiger charge is 2.01. The number of ether oxygens (including phenoxy) is 1. The fraction of sp³-hybridized carbons (Fsp3) is 0.308. The maximum absolute atomic E-state index is 5.22. The Morgan fingerprint density at radius 1 is 1.41 bits per heavy atom. The third kappa shape index (κ3) is 2.77. The lowest BCUT2D eigenvalue weighted by atomic mass is 10.1. The van der Waals surface area contributed by atoms with Gasteiger partial charge in [0.05, 0.1) is 7.11 Å². The van der Waals surface area contributed by atoms with E-state index in [-0.39, 0.29) is 0 Å². The van der Waals surface area contributed by atoms with Crippen LogP contribution in [0.4, 0.5) is 0 Å². The Morgan fingerprint density at radius 3 is 2.88 bits per heavy atom. The Hall–Kier alpha value is -1.55. The molecule has 0 saturated carbocycles. The summed E-state index contributed by atoms with van der Waals surface area (Å²) in [5, 5.41) is 0. The van der Waals surface area contributed by atoms with E-state index >= 15 is 0 Å². The van der Waals surface area contributed by atoms with Crippen molar-refractivity contribution in [3.63, 3.8) is 0 Å². The van der Waals surface area contributed by atoms with Crippen LogP contribution in [0.25, 0.3) is 0 Å². The van der Waals surface area contributed by atoms with E-state index in [1.54, 1.807) is 7.11 Å². The van der Waals surface area contributed by atoms with Crippen LogP contribution in [0.1, 0.15) is 11.3 Å². The van der Waals surface area contributed by atoms with Gasteiger partial charge in [0.25, 0.3) is 0 Å². The zero-order valence-corrected chi connectivity index (χ0v) is 10.9. The van der Waals surface area contributed by atoms with Crippen LogP contribution in [0, 0.1) is 11.7 Å². The van der Waals surface area contributed by atoms with E-state index in [2.05, 4.69) is 28.6 Å². The molecule has 0 saturated heterocycles. The highest BCUT2D eigenvalue weighted by molar-refractivity contribution is 7.71. The molecular formula is C13H16N2OS. The molecule has 17 heavy (non-hydrogen) atoms. The van der Waals surface area contributed by atoms with Gasteiger partial charge in [-0.25, -0.2) is 0 Å². The average Bonchev–Trinajstić information content (AvgIpc) is 2.67. The van der Waals surface area contributed by atoms with Crippen LogP contribution in [-0.4, -0.2) is 16.7 Å². The van der Waals surface area contributed by atoms with Crippen molar-refractivity contribution in [1.82, 2.24) is 9.55 Å². The van der Waals surface area contributed by atoms with Gasteiger partial charge in [-0.15, -0.1) is 0 Å². The van der Waals surface area contributed by atoms with Gasteiger partial charge in [-0.05, 0) is 43.3 Å². The molecule has 3 nitrogen and oxygen atoms in total. The molecule has 0 aliphatic heterocycles. The molecule has 0 fully saturated rings. The molecule has 2 rings (SSSR count). The minimum Gasteiger partial charge on any atom is -0.497 e. The van der Waals surface area contributed by atoms with Crippen molar-refractivity contribution in [2.75, 3.05) is 7.11 Å². The van der Waals surface area contributed by atoms with E-state index in [0.717, 1.165) is 29.2 Å². The fourth-order valence-electron chi connectivity index (χ4n) is 1.83. The fourth-order valence-corrected chi connectivity index (χ4v) is 2.12. The van der Waals surface area contributed by atoms with Gasteiger partial charge in [-0.2, -0.15) is 0 Å². The molecular weight excluding hydrogens is 232 g/mol. The van der Waals surface area contributed by atoms with Gasteiger partial charge >= 0.3 is 0 Å². The van der Waals surface area contributed by atoms with Crippen LogP contribution in [0.2, 0.25) is 0 Å². The number of aromatic amines is 1. The lowest BCUT2D eigenvalue weighted by Crippen LogP contribution is -2.03. The summed E-state index contributed by atoms with van der Waals surface area (Å²) in [6, 6.07) is 8.13. The number of methoxy groups -OCH3 is 1. The van der Waals surface area contributed by atoms with Gasteiger partial charge in [0.2, 0.25) is 0 Å². The van der Waals surface area contributed by atoms with E-state index < -0.39 is 0 Å². The number of hydrogen-bond donors (Lipinski definition) is 1. The summed E-state index contributed by atoms with van der Waals surface area (Å²) in [6.07, 6.45) is 2.89. The van der Waals surface area contributed by atoms with Gasteiger partial charge in [0.1, 0.15) is 5.75 Å². The summed E-state index contributed by atoms with van der Waals surface area (Å²) >= 11 is 5.22. The van der Waals surface area contributed by atoms with Crippen LogP contribution in [0.3, 0.4) is 0 Å². The summed E-state index contributed by atoms with van der Waals surface area (Å²) in [5.74, 6) is 0.900. The predicted octanol–water partition coefficient (Wildman–Crippen LogP) is 3.11. The Kier molecular flexibility index (Phi) is 3.64. The first-order chi connectivity index (χ1) is 8.20. The van der Waals surface area contributed by atoms with Crippen molar-refractivity contribution >= 4 is 12.2 Å². The third-order valence-electron chi connectivity index (χ3n) is 2.83. The number of aryl methyl sites for hydroxylation is 2. The molecule has 1 aromatic carbocycles. The molecule has 0 aliphatic rings. The minimum atomic E-state index is 0.783. The molecule has 0 radical (unpaired) electrons. The van der Waals surface area contributed by atoms with Crippen LogP contribution < -0.4 is 4.74 Å². The Bertz CT molecular complexity index is 557. The van der Waals surface area contributed by atoms with E-state index in [9.17, 15) is 0 Å². The van der Waals surface area contributed by atoms with Crippen molar-refractivity contribution in [3.8, 4) is 5.75 Å². The lowest BCUT2D eigenvalue weighted by molar-refractivity contribution is 0.414.